The summed E-state index contributed by atoms with van der Waals surface area (Å²) in [6.07, 6.45) is 0. The molecule has 0 spiro atoms. The van der Waals surface area contributed by atoms with Crippen LogP contribution < -0.4 is 10.1 Å². The van der Waals surface area contributed by atoms with E-state index >= 15 is 0 Å². The van der Waals surface area contributed by atoms with Gasteiger partial charge < -0.3 is 15.2 Å². The van der Waals surface area contributed by atoms with Crippen LogP contribution in [-0.4, -0.2) is 48.6 Å². The van der Waals surface area contributed by atoms with Gasteiger partial charge in [-0.15, -0.1) is 0 Å². The Hall–Kier alpha value is -2.08. The first-order valence-corrected chi connectivity index (χ1v) is 6.78. The number of aliphatic carboxylic acids is 1. The van der Waals surface area contributed by atoms with E-state index in [0.717, 1.165) is 0 Å². The molecule has 0 aliphatic rings. The molecule has 0 fully saturated rings. The van der Waals surface area contributed by atoms with Crippen molar-refractivity contribution in [3.05, 3.63) is 24.3 Å². The highest BCUT2D eigenvalue weighted by molar-refractivity contribution is 5.92. The molecule has 1 amide bonds. The molecule has 0 radical (unpaired) electrons. The number of carbonyl (C=O) groups is 2. The summed E-state index contributed by atoms with van der Waals surface area (Å²) in [6.45, 7) is 4.41. The number of amides is 1. The maximum Gasteiger partial charge on any atom is 0.317 e. The van der Waals surface area contributed by atoms with Gasteiger partial charge in [-0.1, -0.05) is 19.9 Å². The van der Waals surface area contributed by atoms with Gasteiger partial charge in [-0.2, -0.15) is 0 Å². The van der Waals surface area contributed by atoms with E-state index in [2.05, 4.69) is 5.32 Å². The van der Waals surface area contributed by atoms with Crippen LogP contribution in [0.2, 0.25) is 0 Å². The lowest BCUT2D eigenvalue weighted by molar-refractivity contribution is -0.138. The summed E-state index contributed by atoms with van der Waals surface area (Å²) in [5, 5.41) is 11.6. The lowest BCUT2D eigenvalue weighted by atomic mass is 10.2. The van der Waals surface area contributed by atoms with Crippen LogP contribution in [0.1, 0.15) is 13.8 Å². The number of ether oxygens (including phenoxy) is 1. The zero-order valence-corrected chi connectivity index (χ0v) is 12.6. The average molecular weight is 294 g/mol. The molecule has 0 saturated carbocycles. The van der Waals surface area contributed by atoms with Crippen molar-refractivity contribution in [2.45, 2.75) is 13.8 Å². The van der Waals surface area contributed by atoms with Crippen molar-refractivity contribution >= 4 is 17.6 Å². The minimum atomic E-state index is -0.940. The van der Waals surface area contributed by atoms with Crippen LogP contribution in [0.4, 0.5) is 5.69 Å². The molecule has 0 bridgehead atoms. The maximum absolute atomic E-state index is 12.0. The second-order valence-electron chi connectivity index (χ2n) is 5.24. The second-order valence-corrected chi connectivity index (χ2v) is 5.24. The van der Waals surface area contributed by atoms with Crippen molar-refractivity contribution in [3.8, 4) is 5.75 Å². The molecule has 0 saturated heterocycles. The molecule has 0 unspecified atom stereocenters. The number of benzene rings is 1. The quantitative estimate of drug-likeness (QED) is 0.762. The number of hydrogen-bond donors (Lipinski definition) is 2. The van der Waals surface area contributed by atoms with Crippen molar-refractivity contribution in [3.63, 3.8) is 0 Å². The van der Waals surface area contributed by atoms with Gasteiger partial charge in [0.2, 0.25) is 5.91 Å². The van der Waals surface area contributed by atoms with Gasteiger partial charge in [-0.05, 0) is 18.1 Å². The van der Waals surface area contributed by atoms with Gasteiger partial charge in [0.25, 0.3) is 0 Å². The predicted molar refractivity (Wildman–Crippen MR) is 80.5 cm³/mol. The van der Waals surface area contributed by atoms with Crippen molar-refractivity contribution < 1.29 is 19.4 Å². The molecule has 6 heteroatoms. The highest BCUT2D eigenvalue weighted by Gasteiger charge is 2.15. The third kappa shape index (κ3) is 6.76. The molecule has 1 rings (SSSR count). The van der Waals surface area contributed by atoms with E-state index in [1.165, 1.54) is 0 Å². The summed E-state index contributed by atoms with van der Waals surface area (Å²) < 4.78 is 5.08. The standard InChI is InChI=1S/C15H22N2O4/c1-11(2)8-17(10-15(19)20)9-14(18)16-12-5-4-6-13(7-12)21-3/h4-7,11H,8-10H2,1-3H3,(H,16,18)(H,19,20). The number of carbonyl (C=O) groups excluding carboxylic acids is 1. The van der Waals surface area contributed by atoms with Crippen LogP contribution in [0.5, 0.6) is 5.75 Å². The molecule has 116 valence electrons. The number of nitrogens with zero attached hydrogens (tertiary/aromatic N) is 1. The molecule has 2 N–H and O–H groups in total. The summed E-state index contributed by atoms with van der Waals surface area (Å²) >= 11 is 0. The molecule has 0 aromatic heterocycles. The van der Waals surface area contributed by atoms with Gasteiger partial charge in [0.05, 0.1) is 20.2 Å². The number of rotatable bonds is 8. The molecular weight excluding hydrogens is 272 g/mol. The third-order valence-electron chi connectivity index (χ3n) is 2.70. The van der Waals surface area contributed by atoms with Gasteiger partial charge in [0.1, 0.15) is 5.75 Å². The fourth-order valence-electron chi connectivity index (χ4n) is 2.00. The Bertz CT molecular complexity index is 488. The number of carboxylic acids is 1. The van der Waals surface area contributed by atoms with Crippen molar-refractivity contribution in [2.24, 2.45) is 5.92 Å². The summed E-state index contributed by atoms with van der Waals surface area (Å²) in [7, 11) is 1.55. The normalized spacial score (nSPS) is 10.7. The maximum atomic E-state index is 12.0. The van der Waals surface area contributed by atoms with Gasteiger partial charge in [-0.25, -0.2) is 0 Å². The van der Waals surface area contributed by atoms with Gasteiger partial charge in [-0.3, -0.25) is 14.5 Å². The fraction of sp³-hybridized carbons (Fsp3) is 0.467. The minimum absolute atomic E-state index is 0.0433. The van der Waals surface area contributed by atoms with Crippen LogP contribution in [0.25, 0.3) is 0 Å². The van der Waals surface area contributed by atoms with E-state index in [9.17, 15) is 9.59 Å². The molecule has 1 aromatic carbocycles. The number of methoxy groups -OCH3 is 1. The van der Waals surface area contributed by atoms with Gasteiger partial charge in [0.15, 0.2) is 0 Å². The average Bonchev–Trinajstić information content (AvgIpc) is 2.37. The highest BCUT2D eigenvalue weighted by Crippen LogP contribution is 2.16. The molecule has 0 aliphatic heterocycles. The van der Waals surface area contributed by atoms with Crippen LogP contribution in [-0.2, 0) is 9.59 Å². The summed E-state index contributed by atoms with van der Waals surface area (Å²) in [5.41, 5.74) is 0.624. The first kappa shape index (κ1) is 17.0. The minimum Gasteiger partial charge on any atom is -0.497 e. The zero-order chi connectivity index (χ0) is 15.8. The largest absolute Gasteiger partial charge is 0.497 e. The van der Waals surface area contributed by atoms with Crippen molar-refractivity contribution in [1.29, 1.82) is 0 Å². The van der Waals surface area contributed by atoms with E-state index in [0.29, 0.717) is 18.0 Å². The number of anilines is 1. The number of nitrogens with one attached hydrogen (secondary N) is 1. The fourth-order valence-corrected chi connectivity index (χ4v) is 2.00. The molecule has 1 aromatic rings. The van der Waals surface area contributed by atoms with E-state index in [4.69, 9.17) is 9.84 Å². The van der Waals surface area contributed by atoms with Crippen molar-refractivity contribution in [2.75, 3.05) is 32.1 Å². The molecule has 21 heavy (non-hydrogen) atoms. The molecular formula is C15H22N2O4. The van der Waals surface area contributed by atoms with Gasteiger partial charge >= 0.3 is 5.97 Å². The Balaban J connectivity index is 2.61. The number of hydrogen-bond acceptors (Lipinski definition) is 4. The van der Waals surface area contributed by atoms with Crippen molar-refractivity contribution in [1.82, 2.24) is 4.90 Å². The summed E-state index contributed by atoms with van der Waals surface area (Å²) in [6, 6.07) is 7.02. The van der Waals surface area contributed by atoms with Crippen LogP contribution in [0.15, 0.2) is 24.3 Å². The van der Waals surface area contributed by atoms with Crippen LogP contribution in [0.3, 0.4) is 0 Å². The van der Waals surface area contributed by atoms with Crippen LogP contribution >= 0.6 is 0 Å². The summed E-state index contributed by atoms with van der Waals surface area (Å²) in [4.78, 5) is 24.4. The lowest BCUT2D eigenvalue weighted by Crippen LogP contribution is -2.39. The lowest BCUT2D eigenvalue weighted by Gasteiger charge is -2.21. The Kier molecular flexibility index (Phi) is 6.68. The SMILES string of the molecule is COc1cccc(NC(=O)CN(CC(=O)O)CC(C)C)c1. The Morgan fingerprint density at radius 3 is 2.62 bits per heavy atom. The van der Waals surface area contributed by atoms with E-state index in [1.54, 1.807) is 36.3 Å². The Morgan fingerprint density at radius 1 is 1.33 bits per heavy atom. The van der Waals surface area contributed by atoms with Crippen LogP contribution in [0, 0.1) is 5.92 Å². The third-order valence-corrected chi connectivity index (χ3v) is 2.70. The molecule has 0 aliphatic carbocycles. The highest BCUT2D eigenvalue weighted by atomic mass is 16.5. The number of carboxylic acid groups (broad SMARTS) is 1. The first-order chi connectivity index (χ1) is 9.90. The molecule has 0 heterocycles. The smallest absolute Gasteiger partial charge is 0.317 e. The van der Waals surface area contributed by atoms with Gasteiger partial charge in [0, 0.05) is 18.3 Å². The molecule has 0 atom stereocenters. The predicted octanol–water partition coefficient (Wildman–Crippen LogP) is 1.68. The Labute approximate surface area is 124 Å². The van der Waals surface area contributed by atoms with E-state index in [1.807, 2.05) is 13.8 Å². The zero-order valence-electron chi connectivity index (χ0n) is 12.6. The second kappa shape index (κ2) is 8.26. The topological polar surface area (TPSA) is 78.9 Å². The monoisotopic (exact) mass is 294 g/mol. The first-order valence-electron chi connectivity index (χ1n) is 6.78. The van der Waals surface area contributed by atoms with E-state index < -0.39 is 5.97 Å². The Morgan fingerprint density at radius 2 is 2.05 bits per heavy atom. The van der Waals surface area contributed by atoms with E-state index in [-0.39, 0.29) is 24.9 Å². The summed E-state index contributed by atoms with van der Waals surface area (Å²) in [5.74, 6) is -0.249. The molecule has 6 nitrogen and oxygen atoms in total.